The number of aryl methyl sites for hydroxylation is 1. The number of hydrogen-bond donors (Lipinski definition) is 1. The number of amides is 1. The number of rotatable bonds is 3. The Hall–Kier alpha value is -1.85. The lowest BCUT2D eigenvalue weighted by molar-refractivity contribution is 0.00461. The van der Waals surface area contributed by atoms with E-state index in [1.54, 1.807) is 6.20 Å². The predicted molar refractivity (Wildman–Crippen MR) is 92.9 cm³/mol. The molecule has 2 heterocycles. The average molecular weight is 332 g/mol. The van der Waals surface area contributed by atoms with E-state index in [9.17, 15) is 4.79 Å². The van der Waals surface area contributed by atoms with Gasteiger partial charge in [-0.15, -0.1) is 0 Å². The van der Waals surface area contributed by atoms with E-state index in [0.717, 1.165) is 25.1 Å². The SMILES string of the molecule is Cc1ccnc(NCC2CC3(CCN2C(=O)OC(C)(C)C)CC3)n1. The van der Waals surface area contributed by atoms with Crippen LogP contribution in [-0.2, 0) is 4.74 Å². The Balaban J connectivity index is 1.66. The van der Waals surface area contributed by atoms with Gasteiger partial charge < -0.3 is 15.0 Å². The summed E-state index contributed by atoms with van der Waals surface area (Å²) >= 11 is 0. The van der Waals surface area contributed by atoms with Crippen LogP contribution in [0, 0.1) is 12.3 Å². The minimum absolute atomic E-state index is 0.125. The first-order chi connectivity index (χ1) is 11.3. The molecule has 6 nitrogen and oxygen atoms in total. The molecular formula is C18H28N4O2. The van der Waals surface area contributed by atoms with Crippen molar-refractivity contribution in [2.24, 2.45) is 5.41 Å². The van der Waals surface area contributed by atoms with Crippen LogP contribution in [0.4, 0.5) is 10.7 Å². The van der Waals surface area contributed by atoms with Crippen molar-refractivity contribution in [2.75, 3.05) is 18.4 Å². The molecule has 1 atom stereocenters. The number of anilines is 1. The molecule has 1 unspecified atom stereocenters. The van der Waals surface area contributed by atoms with Crippen LogP contribution in [0.3, 0.4) is 0 Å². The van der Waals surface area contributed by atoms with Gasteiger partial charge in [0.1, 0.15) is 5.60 Å². The first-order valence-corrected chi connectivity index (χ1v) is 8.80. The van der Waals surface area contributed by atoms with Crippen molar-refractivity contribution in [2.45, 2.75) is 65.0 Å². The molecule has 6 heteroatoms. The van der Waals surface area contributed by atoms with Crippen LogP contribution in [0.2, 0.25) is 0 Å². The molecule has 2 fully saturated rings. The van der Waals surface area contributed by atoms with E-state index >= 15 is 0 Å². The molecule has 132 valence electrons. The van der Waals surface area contributed by atoms with E-state index < -0.39 is 5.60 Å². The number of carbonyl (C=O) groups excluding carboxylic acids is 1. The lowest BCUT2D eigenvalue weighted by atomic mass is 9.88. The van der Waals surface area contributed by atoms with Gasteiger partial charge in [-0.25, -0.2) is 14.8 Å². The molecule has 1 aromatic heterocycles. The zero-order chi connectivity index (χ0) is 17.4. The molecule has 1 aromatic rings. The molecule has 0 aromatic carbocycles. The van der Waals surface area contributed by atoms with Crippen LogP contribution < -0.4 is 5.32 Å². The highest BCUT2D eigenvalue weighted by Gasteiger charge is 2.49. The molecule has 1 N–H and O–H groups in total. The van der Waals surface area contributed by atoms with Gasteiger partial charge in [-0.3, -0.25) is 0 Å². The van der Waals surface area contributed by atoms with Gasteiger partial charge in [0, 0.05) is 25.0 Å². The van der Waals surface area contributed by atoms with Crippen molar-refractivity contribution >= 4 is 12.0 Å². The third-order valence-corrected chi connectivity index (χ3v) is 4.87. The highest BCUT2D eigenvalue weighted by molar-refractivity contribution is 5.69. The highest BCUT2D eigenvalue weighted by atomic mass is 16.6. The summed E-state index contributed by atoms with van der Waals surface area (Å²) in [5.41, 5.74) is 0.917. The third-order valence-electron chi connectivity index (χ3n) is 4.87. The van der Waals surface area contributed by atoms with Crippen LogP contribution >= 0.6 is 0 Å². The van der Waals surface area contributed by atoms with E-state index in [4.69, 9.17) is 4.74 Å². The topological polar surface area (TPSA) is 67.4 Å². The van der Waals surface area contributed by atoms with Crippen molar-refractivity contribution in [1.82, 2.24) is 14.9 Å². The smallest absolute Gasteiger partial charge is 0.410 e. The predicted octanol–water partition coefficient (Wildman–Crippen LogP) is 3.38. The molecule has 0 radical (unpaired) electrons. The molecule has 2 aliphatic rings. The Morgan fingerprint density at radius 2 is 2.17 bits per heavy atom. The largest absolute Gasteiger partial charge is 0.444 e. The first-order valence-electron chi connectivity index (χ1n) is 8.80. The normalized spacial score (nSPS) is 22.3. The van der Waals surface area contributed by atoms with Crippen LogP contribution in [0.15, 0.2) is 12.3 Å². The van der Waals surface area contributed by atoms with Crippen molar-refractivity contribution in [3.8, 4) is 0 Å². The van der Waals surface area contributed by atoms with Crippen molar-refractivity contribution in [1.29, 1.82) is 0 Å². The van der Waals surface area contributed by atoms with Crippen LogP contribution in [0.25, 0.3) is 0 Å². The lowest BCUT2D eigenvalue weighted by Crippen LogP contribution is -2.51. The van der Waals surface area contributed by atoms with Gasteiger partial charge in [0.2, 0.25) is 5.95 Å². The van der Waals surface area contributed by atoms with E-state index in [2.05, 4.69) is 15.3 Å². The van der Waals surface area contributed by atoms with Gasteiger partial charge in [0.05, 0.1) is 6.04 Å². The Labute approximate surface area is 144 Å². The summed E-state index contributed by atoms with van der Waals surface area (Å²) in [6, 6.07) is 2.00. The summed E-state index contributed by atoms with van der Waals surface area (Å²) in [7, 11) is 0. The number of likely N-dealkylation sites (tertiary alicyclic amines) is 1. The van der Waals surface area contributed by atoms with Gasteiger partial charge in [-0.05, 0) is 64.9 Å². The van der Waals surface area contributed by atoms with E-state index in [0.29, 0.717) is 17.9 Å². The maximum atomic E-state index is 12.6. The molecule has 3 rings (SSSR count). The summed E-state index contributed by atoms with van der Waals surface area (Å²) in [4.78, 5) is 23.1. The van der Waals surface area contributed by atoms with Crippen LogP contribution in [0.1, 0.15) is 52.1 Å². The number of ether oxygens (including phenoxy) is 1. The monoisotopic (exact) mass is 332 g/mol. The fourth-order valence-electron chi connectivity index (χ4n) is 3.37. The van der Waals surface area contributed by atoms with Gasteiger partial charge in [0.25, 0.3) is 0 Å². The second kappa shape index (κ2) is 6.22. The summed E-state index contributed by atoms with van der Waals surface area (Å²) < 4.78 is 5.60. The number of hydrogen-bond acceptors (Lipinski definition) is 5. The number of piperidine rings is 1. The highest BCUT2D eigenvalue weighted by Crippen LogP contribution is 2.55. The van der Waals surface area contributed by atoms with Gasteiger partial charge in [0.15, 0.2) is 0 Å². The second-order valence-corrected chi connectivity index (χ2v) is 8.18. The molecule has 24 heavy (non-hydrogen) atoms. The standard InChI is InChI=1S/C18H28N4O2/c1-13-5-9-19-15(21-13)20-12-14-11-18(6-7-18)8-10-22(14)16(23)24-17(2,3)4/h5,9,14H,6-8,10-12H2,1-4H3,(H,19,20,21). The average Bonchev–Trinajstić information content (AvgIpc) is 3.22. The second-order valence-electron chi connectivity index (χ2n) is 8.18. The quantitative estimate of drug-likeness (QED) is 0.919. The Kier molecular flexibility index (Phi) is 4.40. The Bertz CT molecular complexity index is 607. The molecule has 1 saturated carbocycles. The van der Waals surface area contributed by atoms with Crippen molar-refractivity contribution < 1.29 is 9.53 Å². The van der Waals surface area contributed by atoms with Gasteiger partial charge in [-0.1, -0.05) is 0 Å². The molecule has 1 saturated heterocycles. The van der Waals surface area contributed by atoms with Crippen LogP contribution in [0.5, 0.6) is 0 Å². The molecular weight excluding hydrogens is 304 g/mol. The minimum Gasteiger partial charge on any atom is -0.444 e. The van der Waals surface area contributed by atoms with Gasteiger partial charge >= 0.3 is 6.09 Å². The summed E-state index contributed by atoms with van der Waals surface area (Å²) in [5, 5.41) is 3.30. The Morgan fingerprint density at radius 3 is 2.79 bits per heavy atom. The zero-order valence-electron chi connectivity index (χ0n) is 15.1. The number of nitrogens with zero attached hydrogens (tertiary/aromatic N) is 3. The molecule has 1 aliphatic carbocycles. The van der Waals surface area contributed by atoms with Crippen molar-refractivity contribution in [3.05, 3.63) is 18.0 Å². The van der Waals surface area contributed by atoms with Crippen LogP contribution in [-0.4, -0.2) is 45.7 Å². The summed E-state index contributed by atoms with van der Waals surface area (Å²) in [6.45, 7) is 9.10. The Morgan fingerprint density at radius 1 is 1.42 bits per heavy atom. The molecule has 1 amide bonds. The first kappa shape index (κ1) is 17.0. The van der Waals surface area contributed by atoms with Gasteiger partial charge in [-0.2, -0.15) is 0 Å². The minimum atomic E-state index is -0.469. The third kappa shape index (κ3) is 4.16. The summed E-state index contributed by atoms with van der Waals surface area (Å²) in [6.07, 6.45) is 6.23. The van der Waals surface area contributed by atoms with E-state index in [-0.39, 0.29) is 12.1 Å². The molecule has 1 spiro atoms. The number of carbonyl (C=O) groups is 1. The van der Waals surface area contributed by atoms with Crippen molar-refractivity contribution in [3.63, 3.8) is 0 Å². The number of nitrogens with one attached hydrogen (secondary N) is 1. The zero-order valence-corrected chi connectivity index (χ0v) is 15.1. The molecule has 1 aliphatic heterocycles. The lowest BCUT2D eigenvalue weighted by Gasteiger charge is -2.40. The number of aromatic nitrogens is 2. The fraction of sp³-hybridized carbons (Fsp3) is 0.722. The van der Waals surface area contributed by atoms with E-state index in [1.807, 2.05) is 38.7 Å². The summed E-state index contributed by atoms with van der Waals surface area (Å²) in [5.74, 6) is 0.620. The maximum absolute atomic E-state index is 12.6. The van der Waals surface area contributed by atoms with E-state index in [1.165, 1.54) is 12.8 Å². The molecule has 0 bridgehead atoms. The maximum Gasteiger partial charge on any atom is 0.410 e. The fourth-order valence-corrected chi connectivity index (χ4v) is 3.37.